The van der Waals surface area contributed by atoms with Crippen LogP contribution in [0.1, 0.15) is 16.8 Å². The Labute approximate surface area is 165 Å². The Morgan fingerprint density at radius 1 is 0.963 bits per heavy atom. The largest absolute Gasteiger partial charge is 0.352 e. The van der Waals surface area contributed by atoms with Crippen molar-refractivity contribution < 1.29 is 4.79 Å². The van der Waals surface area contributed by atoms with Crippen molar-refractivity contribution in [1.82, 2.24) is 15.6 Å². The van der Waals surface area contributed by atoms with Gasteiger partial charge in [-0.15, -0.1) is 12.4 Å². The van der Waals surface area contributed by atoms with Crippen molar-refractivity contribution in [1.29, 1.82) is 0 Å². The third-order valence-corrected chi connectivity index (χ3v) is 4.17. The molecule has 142 valence electrons. The first kappa shape index (κ1) is 20.8. The number of carbonyl (C=O) groups excluding carboxylic acids is 1. The first-order valence-electron chi connectivity index (χ1n) is 8.94. The van der Waals surface area contributed by atoms with Crippen LogP contribution >= 0.6 is 12.4 Å². The van der Waals surface area contributed by atoms with Crippen LogP contribution in [0.15, 0.2) is 60.7 Å². The second-order valence-electron chi connectivity index (χ2n) is 6.09. The lowest BCUT2D eigenvalue weighted by Gasteiger charge is -2.11. The van der Waals surface area contributed by atoms with Crippen molar-refractivity contribution in [2.45, 2.75) is 6.42 Å². The molecule has 27 heavy (non-hydrogen) atoms. The third kappa shape index (κ3) is 5.50. The normalized spacial score (nSPS) is 10.4. The average Bonchev–Trinajstić information content (AvgIpc) is 2.70. The van der Waals surface area contributed by atoms with Gasteiger partial charge in [0.2, 0.25) is 0 Å². The number of halogens is 1. The summed E-state index contributed by atoms with van der Waals surface area (Å²) in [4.78, 5) is 17.5. The Morgan fingerprint density at radius 2 is 1.70 bits per heavy atom. The number of para-hydroxylation sites is 1. The molecular formula is C21H25ClN4O. The quantitative estimate of drug-likeness (QED) is 0.521. The van der Waals surface area contributed by atoms with E-state index in [1.807, 2.05) is 60.7 Å². The van der Waals surface area contributed by atoms with Crippen molar-refractivity contribution in [2.24, 2.45) is 5.73 Å². The van der Waals surface area contributed by atoms with Crippen LogP contribution < -0.4 is 16.4 Å². The van der Waals surface area contributed by atoms with Crippen molar-refractivity contribution in [3.63, 3.8) is 0 Å². The Morgan fingerprint density at radius 3 is 2.48 bits per heavy atom. The van der Waals surface area contributed by atoms with Gasteiger partial charge < -0.3 is 16.4 Å². The van der Waals surface area contributed by atoms with Crippen LogP contribution in [-0.2, 0) is 0 Å². The molecule has 0 aliphatic rings. The number of aromatic nitrogens is 1. The van der Waals surface area contributed by atoms with Gasteiger partial charge in [-0.2, -0.15) is 0 Å². The molecule has 5 nitrogen and oxygen atoms in total. The van der Waals surface area contributed by atoms with Gasteiger partial charge in [0, 0.05) is 30.6 Å². The lowest BCUT2D eigenvalue weighted by atomic mass is 10.0. The highest BCUT2D eigenvalue weighted by atomic mass is 35.5. The molecule has 3 aromatic rings. The second kappa shape index (κ2) is 10.6. The highest BCUT2D eigenvalue weighted by Crippen LogP contribution is 2.24. The molecule has 4 N–H and O–H groups in total. The van der Waals surface area contributed by atoms with E-state index >= 15 is 0 Å². The minimum absolute atomic E-state index is 0. The number of carbonyl (C=O) groups is 1. The number of rotatable bonds is 8. The van der Waals surface area contributed by atoms with Crippen molar-refractivity contribution in [2.75, 3.05) is 26.2 Å². The predicted octanol–water partition coefficient (Wildman–Crippen LogP) is 2.99. The summed E-state index contributed by atoms with van der Waals surface area (Å²) in [6.45, 7) is 2.87. The second-order valence-corrected chi connectivity index (χ2v) is 6.09. The fraction of sp³-hybridized carbons (Fsp3) is 0.238. The van der Waals surface area contributed by atoms with Gasteiger partial charge in [-0.05, 0) is 25.1 Å². The molecule has 0 spiro atoms. The lowest BCUT2D eigenvalue weighted by molar-refractivity contribution is 0.0955. The Kier molecular flexibility index (Phi) is 8.20. The lowest BCUT2D eigenvalue weighted by Crippen LogP contribution is -2.29. The summed E-state index contributed by atoms with van der Waals surface area (Å²) in [7, 11) is 0. The summed E-state index contributed by atoms with van der Waals surface area (Å²) < 4.78 is 0. The minimum Gasteiger partial charge on any atom is -0.352 e. The van der Waals surface area contributed by atoms with Crippen LogP contribution in [0.2, 0.25) is 0 Å². The van der Waals surface area contributed by atoms with E-state index in [-0.39, 0.29) is 18.3 Å². The van der Waals surface area contributed by atoms with Crippen molar-refractivity contribution in [3.05, 3.63) is 66.2 Å². The van der Waals surface area contributed by atoms with Gasteiger partial charge in [0.25, 0.3) is 5.91 Å². The first-order valence-corrected chi connectivity index (χ1v) is 8.94. The zero-order valence-electron chi connectivity index (χ0n) is 15.2. The number of nitrogens with one attached hydrogen (secondary N) is 2. The first-order chi connectivity index (χ1) is 12.8. The molecule has 1 amide bonds. The predicted molar refractivity (Wildman–Crippen MR) is 113 cm³/mol. The van der Waals surface area contributed by atoms with E-state index in [1.165, 1.54) is 0 Å². The van der Waals surface area contributed by atoms with Gasteiger partial charge in [-0.1, -0.05) is 48.5 Å². The van der Waals surface area contributed by atoms with Gasteiger partial charge in [0.05, 0.1) is 16.8 Å². The molecule has 0 atom stereocenters. The molecule has 0 bridgehead atoms. The van der Waals surface area contributed by atoms with Crippen molar-refractivity contribution >= 4 is 29.2 Å². The van der Waals surface area contributed by atoms with Crippen molar-refractivity contribution in [3.8, 4) is 11.3 Å². The fourth-order valence-corrected chi connectivity index (χ4v) is 2.86. The number of amides is 1. The maximum Gasteiger partial charge on any atom is 0.252 e. The van der Waals surface area contributed by atoms with Gasteiger partial charge >= 0.3 is 0 Å². The monoisotopic (exact) mass is 384 g/mol. The van der Waals surface area contributed by atoms with E-state index in [0.29, 0.717) is 18.7 Å². The summed E-state index contributed by atoms with van der Waals surface area (Å²) in [5.74, 6) is -0.0698. The van der Waals surface area contributed by atoms with Crippen LogP contribution in [0.4, 0.5) is 0 Å². The standard InChI is InChI=1S/C21H24N4O.ClH/c22-11-14-23-12-6-13-24-21(26)18-15-20(16-7-2-1-3-8-16)25-19-10-5-4-9-17(18)19;/h1-5,7-10,15,23H,6,11-14,22H2,(H,24,26);1H. The molecule has 0 aliphatic carbocycles. The number of fused-ring (bicyclic) bond motifs is 1. The SMILES string of the molecule is Cl.NCCNCCCNC(=O)c1cc(-c2ccccc2)nc2ccccc12. The molecule has 2 aromatic carbocycles. The van der Waals surface area contributed by atoms with Crippen LogP contribution in [-0.4, -0.2) is 37.1 Å². The Bertz CT molecular complexity index is 870. The Balaban J connectivity index is 0.00000261. The van der Waals surface area contributed by atoms with Crippen LogP contribution in [0.5, 0.6) is 0 Å². The van der Waals surface area contributed by atoms with E-state index in [9.17, 15) is 4.79 Å². The number of benzene rings is 2. The summed E-state index contributed by atoms with van der Waals surface area (Å²) in [5.41, 5.74) is 8.73. The van der Waals surface area contributed by atoms with Gasteiger partial charge in [-0.25, -0.2) is 4.98 Å². The fourth-order valence-electron chi connectivity index (χ4n) is 2.86. The number of pyridine rings is 1. The summed E-state index contributed by atoms with van der Waals surface area (Å²) in [5, 5.41) is 7.10. The number of nitrogens with two attached hydrogens (primary N) is 1. The molecule has 3 rings (SSSR count). The van der Waals surface area contributed by atoms with E-state index in [1.54, 1.807) is 0 Å². The summed E-state index contributed by atoms with van der Waals surface area (Å²) in [6.07, 6.45) is 0.861. The highest BCUT2D eigenvalue weighted by molar-refractivity contribution is 6.07. The molecule has 0 fully saturated rings. The molecule has 0 saturated carbocycles. The van der Waals surface area contributed by atoms with Crippen LogP contribution in [0.3, 0.4) is 0 Å². The van der Waals surface area contributed by atoms with Gasteiger partial charge in [-0.3, -0.25) is 4.79 Å². The summed E-state index contributed by atoms with van der Waals surface area (Å²) >= 11 is 0. The number of nitrogens with zero attached hydrogens (tertiary/aromatic N) is 1. The average molecular weight is 385 g/mol. The minimum atomic E-state index is -0.0698. The molecule has 0 unspecified atom stereocenters. The van der Waals surface area contributed by atoms with Crippen LogP contribution in [0.25, 0.3) is 22.2 Å². The topological polar surface area (TPSA) is 80.0 Å². The molecular weight excluding hydrogens is 360 g/mol. The highest BCUT2D eigenvalue weighted by Gasteiger charge is 2.13. The van der Waals surface area contributed by atoms with Gasteiger partial charge in [0.15, 0.2) is 0 Å². The van der Waals surface area contributed by atoms with E-state index in [4.69, 9.17) is 10.7 Å². The number of hydrogen-bond donors (Lipinski definition) is 3. The maximum atomic E-state index is 12.8. The Hall–Kier alpha value is -2.47. The van der Waals surface area contributed by atoms with Gasteiger partial charge in [0.1, 0.15) is 0 Å². The molecule has 0 radical (unpaired) electrons. The third-order valence-electron chi connectivity index (χ3n) is 4.17. The maximum absolute atomic E-state index is 12.8. The molecule has 6 heteroatoms. The molecule has 0 aliphatic heterocycles. The zero-order valence-corrected chi connectivity index (χ0v) is 16.0. The van der Waals surface area contributed by atoms with E-state index in [2.05, 4.69) is 10.6 Å². The zero-order chi connectivity index (χ0) is 18.2. The molecule has 1 heterocycles. The summed E-state index contributed by atoms with van der Waals surface area (Å²) in [6, 6.07) is 19.5. The number of hydrogen-bond acceptors (Lipinski definition) is 4. The molecule has 0 saturated heterocycles. The van der Waals surface area contributed by atoms with E-state index < -0.39 is 0 Å². The smallest absolute Gasteiger partial charge is 0.252 e. The van der Waals surface area contributed by atoms with E-state index in [0.717, 1.165) is 41.7 Å². The van der Waals surface area contributed by atoms with Crippen LogP contribution in [0, 0.1) is 0 Å². The molecule has 1 aromatic heterocycles.